The predicted octanol–water partition coefficient (Wildman–Crippen LogP) is 2.04. The van der Waals surface area contributed by atoms with Crippen LogP contribution in [0.25, 0.3) is 0 Å². The molecule has 0 radical (unpaired) electrons. The number of rotatable bonds is 6. The molecule has 2 bridgehead atoms. The second-order valence-corrected chi connectivity index (χ2v) is 9.77. The molecule has 3 heterocycles. The van der Waals surface area contributed by atoms with Gasteiger partial charge in [0.15, 0.2) is 6.61 Å². The number of primary amides is 1. The number of benzene rings is 1. The second kappa shape index (κ2) is 12.7. The van der Waals surface area contributed by atoms with Crippen molar-refractivity contribution in [3.63, 3.8) is 0 Å². The topological polar surface area (TPSA) is 133 Å². The maximum absolute atomic E-state index is 10.8. The number of hydrogen-bond acceptors (Lipinski definition) is 6. The summed E-state index contributed by atoms with van der Waals surface area (Å²) in [5, 5.41) is 13.8. The summed E-state index contributed by atoms with van der Waals surface area (Å²) < 4.78 is 5.37. The molecule has 9 heteroatoms. The van der Waals surface area contributed by atoms with Crippen LogP contribution in [0.2, 0.25) is 0 Å². The Morgan fingerprint density at radius 3 is 2.18 bits per heavy atom. The number of hydrogen-bond donors (Lipinski definition) is 3. The minimum absolute atomic E-state index is 0.0609. The van der Waals surface area contributed by atoms with Crippen LogP contribution in [0.1, 0.15) is 44.1 Å². The lowest BCUT2D eigenvalue weighted by Crippen LogP contribution is -2.61. The number of likely N-dealkylation sites (tertiary alicyclic amines) is 1. The first-order valence-corrected chi connectivity index (χ1v) is 12.1. The Morgan fingerprint density at radius 2 is 1.59 bits per heavy atom. The van der Waals surface area contributed by atoms with E-state index in [1.54, 1.807) is 0 Å². The number of ether oxygens (including phenoxy) is 1. The van der Waals surface area contributed by atoms with Crippen LogP contribution in [-0.2, 0) is 20.9 Å². The van der Waals surface area contributed by atoms with E-state index in [4.69, 9.17) is 30.3 Å². The van der Waals surface area contributed by atoms with Gasteiger partial charge in [-0.3, -0.25) is 24.2 Å². The van der Waals surface area contributed by atoms with Gasteiger partial charge in [0, 0.05) is 38.3 Å². The molecule has 0 spiro atoms. The highest BCUT2D eigenvalue weighted by Crippen LogP contribution is 2.46. The maximum atomic E-state index is 10.8. The van der Waals surface area contributed by atoms with Gasteiger partial charge in [-0.05, 0) is 67.6 Å². The van der Waals surface area contributed by atoms with Gasteiger partial charge in [-0.25, -0.2) is 0 Å². The van der Waals surface area contributed by atoms with E-state index in [2.05, 4.69) is 21.9 Å². The summed E-state index contributed by atoms with van der Waals surface area (Å²) in [6, 6.07) is 9.89. The number of nitrogens with zero attached hydrogens (tertiary/aromatic N) is 2. The summed E-state index contributed by atoms with van der Waals surface area (Å²) in [6.07, 6.45) is 8.71. The zero-order valence-corrected chi connectivity index (χ0v) is 19.6. The van der Waals surface area contributed by atoms with Crippen molar-refractivity contribution >= 4 is 18.9 Å². The molecular formula is C25H37N3O6. The second-order valence-electron chi connectivity index (χ2n) is 9.77. The Kier molecular flexibility index (Phi) is 9.71. The molecule has 188 valence electrons. The number of nitrogens with two attached hydrogens (primary N) is 1. The van der Waals surface area contributed by atoms with Crippen LogP contribution in [0.5, 0.6) is 5.75 Å². The average molecular weight is 476 g/mol. The van der Waals surface area contributed by atoms with Crippen molar-refractivity contribution in [2.24, 2.45) is 23.5 Å². The first kappa shape index (κ1) is 26.0. The summed E-state index contributed by atoms with van der Waals surface area (Å²) in [5.74, 6) is 2.99. The molecule has 0 aromatic heterocycles. The molecule has 34 heavy (non-hydrogen) atoms. The van der Waals surface area contributed by atoms with E-state index in [-0.39, 0.29) is 19.6 Å². The van der Waals surface area contributed by atoms with Crippen LogP contribution in [-0.4, -0.2) is 77.2 Å². The first-order valence-electron chi connectivity index (χ1n) is 12.1. The minimum Gasteiger partial charge on any atom is -0.484 e. The monoisotopic (exact) mass is 475 g/mol. The Labute approximate surface area is 200 Å². The molecule has 9 nitrogen and oxygen atoms in total. The van der Waals surface area contributed by atoms with Crippen LogP contribution in [0.4, 0.5) is 0 Å². The third-order valence-electron chi connectivity index (χ3n) is 7.39. The fourth-order valence-electron chi connectivity index (χ4n) is 6.17. The highest BCUT2D eigenvalue weighted by molar-refractivity contribution is 5.75. The standard InChI is InChI=1S/C23H33N3O2.2CH2O2/c24-23(27)15-28-20-8-4-16(5-9-20)11-25-12-17-10-19(14-25)22-3-1-2-21(18-6-7-18)26(22)13-17;2*2-1-3/h4-5,8-9,17-19,21-22H,1-3,6-7,10-15H2,(H2,24,27);2*1H,(H,2,3)/t17-,19+,21+,22-;;/m0../s1. The smallest absolute Gasteiger partial charge is 0.290 e. The number of fused-ring (bicyclic) bond motifs is 4. The van der Waals surface area contributed by atoms with Gasteiger partial charge in [0.1, 0.15) is 5.75 Å². The third kappa shape index (κ3) is 7.17. The van der Waals surface area contributed by atoms with Crippen LogP contribution in [0.15, 0.2) is 24.3 Å². The molecule has 3 aliphatic heterocycles. The van der Waals surface area contributed by atoms with E-state index < -0.39 is 5.91 Å². The fourth-order valence-corrected chi connectivity index (χ4v) is 6.17. The van der Waals surface area contributed by atoms with Crippen molar-refractivity contribution in [2.45, 2.75) is 57.2 Å². The van der Waals surface area contributed by atoms with E-state index in [0.717, 1.165) is 36.4 Å². The van der Waals surface area contributed by atoms with Crippen LogP contribution in [0, 0.1) is 17.8 Å². The largest absolute Gasteiger partial charge is 0.484 e. The summed E-state index contributed by atoms with van der Waals surface area (Å²) in [4.78, 5) is 33.2. The first-order chi connectivity index (χ1) is 16.5. The lowest BCUT2D eigenvalue weighted by atomic mass is 9.74. The Bertz CT molecular complexity index is 794. The fraction of sp³-hybridized carbons (Fsp3) is 0.640. The van der Waals surface area contributed by atoms with Crippen molar-refractivity contribution in [3.8, 4) is 5.75 Å². The molecule has 1 aliphatic carbocycles. The quantitative estimate of drug-likeness (QED) is 0.532. The molecule has 1 amide bonds. The zero-order chi connectivity index (χ0) is 24.5. The molecule has 3 saturated heterocycles. The lowest BCUT2D eigenvalue weighted by molar-refractivity contribution is -0.123. The SMILES string of the molecule is NC(=O)COc1ccc(CN2C[C@@H]3C[C@H](C2)[C@@H]2CCC[C@H](C4CC4)N2C3)cc1.O=CO.O=CO. The van der Waals surface area contributed by atoms with Gasteiger partial charge >= 0.3 is 0 Å². The van der Waals surface area contributed by atoms with Gasteiger partial charge in [0.2, 0.25) is 0 Å². The molecule has 4 aliphatic rings. The lowest BCUT2D eigenvalue weighted by Gasteiger charge is -2.55. The third-order valence-corrected chi connectivity index (χ3v) is 7.39. The summed E-state index contributed by atoms with van der Waals surface area (Å²) >= 11 is 0. The van der Waals surface area contributed by atoms with Crippen LogP contribution < -0.4 is 10.5 Å². The van der Waals surface area contributed by atoms with Crippen molar-refractivity contribution in [1.82, 2.24) is 9.80 Å². The van der Waals surface area contributed by atoms with Gasteiger partial charge in [-0.2, -0.15) is 0 Å². The molecule has 1 saturated carbocycles. The van der Waals surface area contributed by atoms with Crippen molar-refractivity contribution in [1.29, 1.82) is 0 Å². The van der Waals surface area contributed by atoms with Crippen LogP contribution in [0.3, 0.4) is 0 Å². The Balaban J connectivity index is 0.000000492. The molecule has 1 aromatic carbocycles. The highest BCUT2D eigenvalue weighted by atomic mass is 16.5. The normalized spacial score (nSPS) is 28.1. The van der Waals surface area contributed by atoms with E-state index in [9.17, 15) is 4.79 Å². The van der Waals surface area contributed by atoms with E-state index in [0.29, 0.717) is 5.75 Å². The number of amides is 1. The van der Waals surface area contributed by atoms with Crippen molar-refractivity contribution in [3.05, 3.63) is 29.8 Å². The minimum atomic E-state index is -0.440. The molecule has 4 atom stereocenters. The molecular weight excluding hydrogens is 438 g/mol. The summed E-state index contributed by atoms with van der Waals surface area (Å²) in [7, 11) is 0. The van der Waals surface area contributed by atoms with Crippen LogP contribution >= 0.6 is 0 Å². The van der Waals surface area contributed by atoms with Gasteiger partial charge < -0.3 is 20.7 Å². The van der Waals surface area contributed by atoms with Gasteiger partial charge in [-0.15, -0.1) is 0 Å². The van der Waals surface area contributed by atoms with Gasteiger partial charge in [-0.1, -0.05) is 18.6 Å². The van der Waals surface area contributed by atoms with Gasteiger partial charge in [0.05, 0.1) is 0 Å². The maximum Gasteiger partial charge on any atom is 0.290 e. The number of carboxylic acid groups (broad SMARTS) is 2. The predicted molar refractivity (Wildman–Crippen MR) is 126 cm³/mol. The summed E-state index contributed by atoms with van der Waals surface area (Å²) in [6.45, 7) is 4.27. The summed E-state index contributed by atoms with van der Waals surface area (Å²) in [5.41, 5.74) is 6.46. The van der Waals surface area contributed by atoms with Crippen molar-refractivity contribution in [2.75, 3.05) is 26.2 Å². The molecule has 0 unspecified atom stereocenters. The zero-order valence-electron chi connectivity index (χ0n) is 19.6. The molecule has 4 N–H and O–H groups in total. The van der Waals surface area contributed by atoms with E-state index in [1.165, 1.54) is 63.7 Å². The van der Waals surface area contributed by atoms with Gasteiger partial charge in [0.25, 0.3) is 18.9 Å². The number of carbonyl (C=O) groups excluding carboxylic acids is 1. The number of piperidine rings is 3. The Morgan fingerprint density at radius 1 is 0.971 bits per heavy atom. The number of carbonyl (C=O) groups is 3. The van der Waals surface area contributed by atoms with E-state index in [1.807, 2.05) is 12.1 Å². The van der Waals surface area contributed by atoms with E-state index >= 15 is 0 Å². The highest BCUT2D eigenvalue weighted by Gasteiger charge is 2.47. The Hall–Kier alpha value is -2.65. The average Bonchev–Trinajstić information content (AvgIpc) is 3.65. The molecule has 5 rings (SSSR count). The molecule has 4 fully saturated rings. The molecule has 1 aromatic rings. The van der Waals surface area contributed by atoms with Crippen molar-refractivity contribution < 1.29 is 29.3 Å².